The van der Waals surface area contributed by atoms with Crippen molar-refractivity contribution < 1.29 is 4.74 Å². The minimum absolute atomic E-state index is 0. The standard InChI is InChI=1S/C15H25N5O.HI/c1-15(2,3)19-14(16)18-11-12-5-4-6-17-13(12)20-7-9-21-10-8-20;/h4-6H,7-11H2,1-3H3,(H3,16,18,19);1H. The third-order valence-electron chi connectivity index (χ3n) is 3.10. The summed E-state index contributed by atoms with van der Waals surface area (Å²) in [6.07, 6.45) is 1.81. The lowest BCUT2D eigenvalue weighted by Crippen LogP contribution is -2.45. The largest absolute Gasteiger partial charge is 0.378 e. The van der Waals surface area contributed by atoms with Crippen LogP contribution in [0.3, 0.4) is 0 Å². The first kappa shape index (κ1) is 19.0. The van der Waals surface area contributed by atoms with Crippen molar-refractivity contribution in [3.05, 3.63) is 23.9 Å². The minimum atomic E-state index is -0.0877. The Labute approximate surface area is 149 Å². The van der Waals surface area contributed by atoms with Gasteiger partial charge in [-0.1, -0.05) is 6.07 Å². The first-order valence-corrected chi connectivity index (χ1v) is 7.30. The van der Waals surface area contributed by atoms with Crippen molar-refractivity contribution in [2.24, 2.45) is 10.7 Å². The van der Waals surface area contributed by atoms with E-state index in [-0.39, 0.29) is 29.5 Å². The van der Waals surface area contributed by atoms with E-state index in [4.69, 9.17) is 10.5 Å². The van der Waals surface area contributed by atoms with E-state index in [1.54, 1.807) is 0 Å². The van der Waals surface area contributed by atoms with Gasteiger partial charge in [0.1, 0.15) is 5.82 Å². The molecule has 0 saturated carbocycles. The van der Waals surface area contributed by atoms with E-state index in [1.807, 2.05) is 18.3 Å². The maximum atomic E-state index is 5.92. The Morgan fingerprint density at radius 1 is 1.41 bits per heavy atom. The van der Waals surface area contributed by atoms with Crippen molar-refractivity contribution in [2.45, 2.75) is 32.9 Å². The first-order valence-electron chi connectivity index (χ1n) is 7.30. The number of nitrogens with zero attached hydrogens (tertiary/aromatic N) is 3. The highest BCUT2D eigenvalue weighted by Gasteiger charge is 2.16. The van der Waals surface area contributed by atoms with Crippen LogP contribution in [0.5, 0.6) is 0 Å². The van der Waals surface area contributed by atoms with Crippen LogP contribution in [0.4, 0.5) is 5.82 Å². The SMILES string of the molecule is CC(C)(C)NC(N)=NCc1cccnc1N1CCOCC1.I. The molecule has 1 saturated heterocycles. The fraction of sp³-hybridized carbons (Fsp3) is 0.600. The number of aromatic nitrogens is 1. The Hall–Kier alpha value is -1.09. The molecule has 0 atom stereocenters. The van der Waals surface area contributed by atoms with Gasteiger partial charge in [-0.3, -0.25) is 0 Å². The summed E-state index contributed by atoms with van der Waals surface area (Å²) in [4.78, 5) is 11.2. The summed E-state index contributed by atoms with van der Waals surface area (Å²) in [5.41, 5.74) is 6.91. The molecular weight excluding hydrogens is 393 g/mol. The normalized spacial score (nSPS) is 16.1. The maximum absolute atomic E-state index is 5.92. The Kier molecular flexibility index (Phi) is 7.34. The van der Waals surface area contributed by atoms with Gasteiger partial charge in [0.15, 0.2) is 5.96 Å². The number of nitrogens with two attached hydrogens (primary N) is 1. The number of halogens is 1. The second-order valence-electron chi connectivity index (χ2n) is 6.16. The van der Waals surface area contributed by atoms with E-state index in [0.29, 0.717) is 12.5 Å². The number of nitrogens with one attached hydrogen (secondary N) is 1. The quantitative estimate of drug-likeness (QED) is 0.444. The van der Waals surface area contributed by atoms with Gasteiger partial charge in [-0.15, -0.1) is 24.0 Å². The van der Waals surface area contributed by atoms with E-state index < -0.39 is 0 Å². The van der Waals surface area contributed by atoms with Crippen molar-refractivity contribution in [1.82, 2.24) is 10.3 Å². The van der Waals surface area contributed by atoms with Gasteiger partial charge in [0.25, 0.3) is 0 Å². The number of ether oxygens (including phenoxy) is 1. The van der Waals surface area contributed by atoms with Crippen LogP contribution in [-0.4, -0.2) is 42.8 Å². The van der Waals surface area contributed by atoms with Gasteiger partial charge in [0, 0.05) is 30.4 Å². The molecule has 7 heteroatoms. The molecule has 1 aromatic heterocycles. The molecule has 0 spiro atoms. The van der Waals surface area contributed by atoms with Crippen LogP contribution >= 0.6 is 24.0 Å². The van der Waals surface area contributed by atoms with Gasteiger partial charge < -0.3 is 20.7 Å². The van der Waals surface area contributed by atoms with Crippen LogP contribution in [0.25, 0.3) is 0 Å². The highest BCUT2D eigenvalue weighted by atomic mass is 127. The average molecular weight is 419 g/mol. The zero-order valence-electron chi connectivity index (χ0n) is 13.5. The lowest BCUT2D eigenvalue weighted by molar-refractivity contribution is 0.122. The van der Waals surface area contributed by atoms with Crippen molar-refractivity contribution in [3.63, 3.8) is 0 Å². The van der Waals surface area contributed by atoms with Crippen LogP contribution in [0.1, 0.15) is 26.3 Å². The van der Waals surface area contributed by atoms with Crippen LogP contribution in [0, 0.1) is 0 Å². The second kappa shape index (κ2) is 8.52. The smallest absolute Gasteiger partial charge is 0.189 e. The summed E-state index contributed by atoms with van der Waals surface area (Å²) in [6.45, 7) is 9.90. The summed E-state index contributed by atoms with van der Waals surface area (Å²) in [5, 5.41) is 3.16. The molecule has 1 fully saturated rings. The molecule has 1 aromatic rings. The summed E-state index contributed by atoms with van der Waals surface area (Å²) in [7, 11) is 0. The molecule has 2 rings (SSSR count). The number of aliphatic imine (C=N–C) groups is 1. The molecule has 0 unspecified atom stereocenters. The van der Waals surface area contributed by atoms with E-state index in [2.05, 4.69) is 41.0 Å². The van der Waals surface area contributed by atoms with E-state index in [0.717, 1.165) is 37.7 Å². The Balaban J connectivity index is 0.00000242. The van der Waals surface area contributed by atoms with E-state index in [1.165, 1.54) is 0 Å². The molecule has 1 aliphatic heterocycles. The predicted molar refractivity (Wildman–Crippen MR) is 101 cm³/mol. The number of guanidine groups is 1. The number of hydrogen-bond acceptors (Lipinski definition) is 4. The number of pyridine rings is 1. The van der Waals surface area contributed by atoms with Crippen molar-refractivity contribution in [3.8, 4) is 0 Å². The zero-order valence-corrected chi connectivity index (χ0v) is 15.8. The van der Waals surface area contributed by atoms with Crippen LogP contribution in [0.2, 0.25) is 0 Å². The first-order chi connectivity index (χ1) is 9.96. The van der Waals surface area contributed by atoms with Gasteiger partial charge in [-0.2, -0.15) is 0 Å². The molecule has 124 valence electrons. The third-order valence-corrected chi connectivity index (χ3v) is 3.10. The third kappa shape index (κ3) is 5.96. The van der Waals surface area contributed by atoms with Gasteiger partial charge in [0.2, 0.25) is 0 Å². The Bertz CT molecular complexity index is 495. The number of hydrogen-bond donors (Lipinski definition) is 2. The monoisotopic (exact) mass is 419 g/mol. The van der Waals surface area contributed by atoms with Crippen molar-refractivity contribution in [1.29, 1.82) is 0 Å². The van der Waals surface area contributed by atoms with Crippen LogP contribution in [0.15, 0.2) is 23.3 Å². The predicted octanol–water partition coefficient (Wildman–Crippen LogP) is 1.74. The fourth-order valence-electron chi connectivity index (χ4n) is 2.21. The highest BCUT2D eigenvalue weighted by Crippen LogP contribution is 2.19. The maximum Gasteiger partial charge on any atom is 0.189 e. The zero-order chi connectivity index (χ0) is 15.3. The molecule has 1 aliphatic rings. The summed E-state index contributed by atoms with van der Waals surface area (Å²) in [6, 6.07) is 3.98. The Morgan fingerprint density at radius 2 is 2.09 bits per heavy atom. The summed E-state index contributed by atoms with van der Waals surface area (Å²) >= 11 is 0. The fourth-order valence-corrected chi connectivity index (χ4v) is 2.21. The molecule has 0 amide bonds. The molecule has 0 radical (unpaired) electrons. The average Bonchev–Trinajstić information content (AvgIpc) is 2.45. The summed E-state index contributed by atoms with van der Waals surface area (Å²) < 4.78 is 5.39. The molecule has 0 bridgehead atoms. The van der Waals surface area contributed by atoms with Gasteiger partial charge in [-0.25, -0.2) is 9.98 Å². The lowest BCUT2D eigenvalue weighted by atomic mass is 10.1. The molecule has 6 nitrogen and oxygen atoms in total. The minimum Gasteiger partial charge on any atom is -0.378 e. The van der Waals surface area contributed by atoms with Gasteiger partial charge in [-0.05, 0) is 26.8 Å². The lowest BCUT2D eigenvalue weighted by Gasteiger charge is -2.29. The topological polar surface area (TPSA) is 75.8 Å². The molecule has 0 aliphatic carbocycles. The van der Waals surface area contributed by atoms with Gasteiger partial charge in [0.05, 0.1) is 19.8 Å². The Morgan fingerprint density at radius 3 is 2.73 bits per heavy atom. The molecule has 22 heavy (non-hydrogen) atoms. The number of rotatable bonds is 3. The molecule has 2 heterocycles. The van der Waals surface area contributed by atoms with Crippen LogP contribution < -0.4 is 16.0 Å². The number of anilines is 1. The van der Waals surface area contributed by atoms with Crippen molar-refractivity contribution >= 4 is 35.8 Å². The van der Waals surface area contributed by atoms with Gasteiger partial charge >= 0.3 is 0 Å². The van der Waals surface area contributed by atoms with Crippen LogP contribution in [-0.2, 0) is 11.3 Å². The molecule has 0 aromatic carbocycles. The molecule has 3 N–H and O–H groups in total. The van der Waals surface area contributed by atoms with E-state index >= 15 is 0 Å². The summed E-state index contributed by atoms with van der Waals surface area (Å²) in [5.74, 6) is 1.44. The highest BCUT2D eigenvalue weighted by molar-refractivity contribution is 14.0. The number of morpholine rings is 1. The molecular formula is C15H26IN5O. The van der Waals surface area contributed by atoms with Crippen molar-refractivity contribution in [2.75, 3.05) is 31.2 Å². The second-order valence-corrected chi connectivity index (χ2v) is 6.16. The van der Waals surface area contributed by atoms with E-state index in [9.17, 15) is 0 Å².